The molecule has 0 saturated carbocycles. The van der Waals surface area contributed by atoms with Gasteiger partial charge in [-0.2, -0.15) is 0 Å². The van der Waals surface area contributed by atoms with Crippen molar-refractivity contribution in [1.82, 2.24) is 15.1 Å². The zero-order valence-electron chi connectivity index (χ0n) is 11.4. The summed E-state index contributed by atoms with van der Waals surface area (Å²) in [6.45, 7) is 8.06. The highest BCUT2D eigenvalue weighted by Gasteiger charge is 2.06. The normalized spacial score (nSPS) is 11.3. The molecule has 1 aromatic rings. The molecule has 0 amide bonds. The van der Waals surface area contributed by atoms with E-state index < -0.39 is 0 Å². The molecule has 0 radical (unpaired) electrons. The first-order valence-corrected chi connectivity index (χ1v) is 8.50. The van der Waals surface area contributed by atoms with Crippen LogP contribution in [0, 0.1) is 0 Å². The van der Waals surface area contributed by atoms with Crippen LogP contribution >= 0.6 is 23.1 Å². The van der Waals surface area contributed by atoms with E-state index in [1.165, 1.54) is 50.1 Å². The van der Waals surface area contributed by atoms with Crippen molar-refractivity contribution in [2.45, 2.75) is 43.9 Å². The molecule has 0 aliphatic heterocycles. The fraction of sp³-hybridized carbons (Fsp3) is 0.833. The maximum atomic E-state index is 5.56. The number of hydrogen-bond acceptors (Lipinski definition) is 6. The predicted octanol–water partition coefficient (Wildman–Crippen LogP) is 3.11. The van der Waals surface area contributed by atoms with Gasteiger partial charge < -0.3 is 10.6 Å². The van der Waals surface area contributed by atoms with Crippen LogP contribution in [0.15, 0.2) is 4.34 Å². The van der Waals surface area contributed by atoms with Crippen LogP contribution in [0.1, 0.15) is 39.5 Å². The highest BCUT2D eigenvalue weighted by atomic mass is 32.2. The SMILES string of the molecule is CCCCN(CCCC)CCSc1nnc(N)s1. The van der Waals surface area contributed by atoms with Crippen LogP contribution < -0.4 is 5.73 Å². The first-order valence-electron chi connectivity index (χ1n) is 6.70. The van der Waals surface area contributed by atoms with E-state index >= 15 is 0 Å². The summed E-state index contributed by atoms with van der Waals surface area (Å²) >= 11 is 3.23. The number of aromatic nitrogens is 2. The molecule has 6 heteroatoms. The summed E-state index contributed by atoms with van der Waals surface area (Å²) in [6, 6.07) is 0. The van der Waals surface area contributed by atoms with Crippen molar-refractivity contribution in [2.24, 2.45) is 0 Å². The molecule has 1 aromatic heterocycles. The summed E-state index contributed by atoms with van der Waals surface area (Å²) in [5.41, 5.74) is 5.56. The van der Waals surface area contributed by atoms with Crippen LogP contribution in [-0.2, 0) is 0 Å². The molecule has 0 aliphatic carbocycles. The Kier molecular flexibility index (Phi) is 8.37. The van der Waals surface area contributed by atoms with Crippen molar-refractivity contribution in [3.63, 3.8) is 0 Å². The van der Waals surface area contributed by atoms with E-state index in [0.29, 0.717) is 5.13 Å². The molecule has 18 heavy (non-hydrogen) atoms. The Morgan fingerprint density at radius 2 is 1.78 bits per heavy atom. The number of nitrogens with two attached hydrogens (primary N) is 1. The number of rotatable bonds is 10. The van der Waals surface area contributed by atoms with Gasteiger partial charge in [-0.1, -0.05) is 49.8 Å². The van der Waals surface area contributed by atoms with Gasteiger partial charge in [-0.25, -0.2) is 0 Å². The fourth-order valence-electron chi connectivity index (χ4n) is 1.64. The van der Waals surface area contributed by atoms with Crippen LogP contribution in [0.3, 0.4) is 0 Å². The predicted molar refractivity (Wildman–Crippen MR) is 81.3 cm³/mol. The Hall–Kier alpha value is -0.330. The lowest BCUT2D eigenvalue weighted by molar-refractivity contribution is 0.281. The van der Waals surface area contributed by atoms with E-state index in [4.69, 9.17) is 5.73 Å². The van der Waals surface area contributed by atoms with E-state index in [0.717, 1.165) is 16.6 Å². The first kappa shape index (κ1) is 15.7. The third kappa shape index (κ3) is 6.56. The summed E-state index contributed by atoms with van der Waals surface area (Å²) in [6.07, 6.45) is 5.12. The molecule has 1 rings (SSSR count). The second-order valence-electron chi connectivity index (χ2n) is 4.30. The molecule has 4 nitrogen and oxygen atoms in total. The molecule has 0 bridgehead atoms. The lowest BCUT2D eigenvalue weighted by Crippen LogP contribution is -2.28. The molecule has 0 atom stereocenters. The number of unbranched alkanes of at least 4 members (excludes halogenated alkanes) is 2. The Morgan fingerprint density at radius 1 is 1.11 bits per heavy atom. The fourth-order valence-corrected chi connectivity index (χ4v) is 3.35. The highest BCUT2D eigenvalue weighted by Crippen LogP contribution is 2.23. The molecule has 0 aromatic carbocycles. The second kappa shape index (κ2) is 9.58. The van der Waals surface area contributed by atoms with Gasteiger partial charge in [0.05, 0.1) is 0 Å². The zero-order chi connectivity index (χ0) is 13.2. The Labute approximate surface area is 118 Å². The average molecular weight is 288 g/mol. The van der Waals surface area contributed by atoms with Crippen LogP contribution in [-0.4, -0.2) is 40.5 Å². The molecular weight excluding hydrogens is 264 g/mol. The summed E-state index contributed by atoms with van der Waals surface area (Å²) in [5.74, 6) is 1.07. The van der Waals surface area contributed by atoms with Crippen LogP contribution in [0.5, 0.6) is 0 Å². The number of nitrogens with zero attached hydrogens (tertiary/aromatic N) is 3. The van der Waals surface area contributed by atoms with Gasteiger partial charge in [-0.3, -0.25) is 0 Å². The minimum absolute atomic E-state index is 0.561. The second-order valence-corrected chi connectivity index (χ2v) is 6.65. The summed E-state index contributed by atoms with van der Waals surface area (Å²) in [7, 11) is 0. The van der Waals surface area contributed by atoms with Gasteiger partial charge in [-0.05, 0) is 25.9 Å². The summed E-state index contributed by atoms with van der Waals surface area (Å²) < 4.78 is 0.985. The Bertz CT molecular complexity index is 309. The van der Waals surface area contributed by atoms with E-state index in [1.807, 2.05) is 0 Å². The zero-order valence-corrected chi connectivity index (χ0v) is 13.0. The van der Waals surface area contributed by atoms with E-state index in [1.54, 1.807) is 11.8 Å². The van der Waals surface area contributed by atoms with Crippen molar-refractivity contribution in [3.05, 3.63) is 0 Å². The average Bonchev–Trinajstić information content (AvgIpc) is 2.78. The lowest BCUT2D eigenvalue weighted by atomic mass is 10.2. The van der Waals surface area contributed by atoms with Crippen molar-refractivity contribution >= 4 is 28.2 Å². The molecule has 2 N–H and O–H groups in total. The molecule has 0 fully saturated rings. The van der Waals surface area contributed by atoms with Crippen molar-refractivity contribution in [3.8, 4) is 0 Å². The van der Waals surface area contributed by atoms with Crippen molar-refractivity contribution < 1.29 is 0 Å². The van der Waals surface area contributed by atoms with Gasteiger partial charge in [0.25, 0.3) is 0 Å². The molecule has 1 heterocycles. The largest absolute Gasteiger partial charge is 0.374 e. The minimum atomic E-state index is 0.561. The number of nitrogen functional groups attached to an aromatic ring is 1. The van der Waals surface area contributed by atoms with Gasteiger partial charge in [0.2, 0.25) is 5.13 Å². The van der Waals surface area contributed by atoms with Gasteiger partial charge >= 0.3 is 0 Å². The molecular formula is C12H24N4S2. The van der Waals surface area contributed by atoms with E-state index in [2.05, 4.69) is 28.9 Å². The van der Waals surface area contributed by atoms with Gasteiger partial charge in [0.1, 0.15) is 0 Å². The van der Waals surface area contributed by atoms with Crippen molar-refractivity contribution in [1.29, 1.82) is 0 Å². The van der Waals surface area contributed by atoms with Crippen LogP contribution in [0.25, 0.3) is 0 Å². The summed E-state index contributed by atoms with van der Waals surface area (Å²) in [5, 5.41) is 8.41. The van der Waals surface area contributed by atoms with Crippen LogP contribution in [0.2, 0.25) is 0 Å². The highest BCUT2D eigenvalue weighted by molar-refractivity contribution is 8.01. The third-order valence-electron chi connectivity index (χ3n) is 2.71. The third-order valence-corrected chi connectivity index (χ3v) is 4.58. The van der Waals surface area contributed by atoms with Gasteiger partial charge in [0.15, 0.2) is 4.34 Å². The molecule has 104 valence electrons. The number of thioether (sulfide) groups is 1. The summed E-state index contributed by atoms with van der Waals surface area (Å²) in [4.78, 5) is 2.56. The number of anilines is 1. The molecule has 0 saturated heterocycles. The lowest BCUT2D eigenvalue weighted by Gasteiger charge is -2.21. The smallest absolute Gasteiger partial charge is 0.203 e. The first-order chi connectivity index (χ1) is 8.76. The maximum absolute atomic E-state index is 5.56. The van der Waals surface area contributed by atoms with E-state index in [-0.39, 0.29) is 0 Å². The maximum Gasteiger partial charge on any atom is 0.203 e. The molecule has 0 spiro atoms. The van der Waals surface area contributed by atoms with Crippen molar-refractivity contribution in [2.75, 3.05) is 31.1 Å². The molecule has 0 aliphatic rings. The van der Waals surface area contributed by atoms with E-state index in [9.17, 15) is 0 Å². The van der Waals surface area contributed by atoms with Crippen LogP contribution in [0.4, 0.5) is 5.13 Å². The van der Waals surface area contributed by atoms with Gasteiger partial charge in [-0.15, -0.1) is 10.2 Å². The topological polar surface area (TPSA) is 55.0 Å². The monoisotopic (exact) mass is 288 g/mol. The standard InChI is InChI=1S/C12H24N4S2/c1-3-5-7-16(8-6-4-2)9-10-17-12-15-14-11(13)18-12/h3-10H2,1-2H3,(H2,13,14). The Morgan fingerprint density at radius 3 is 2.28 bits per heavy atom. The quantitative estimate of drug-likeness (QED) is 0.670. The number of hydrogen-bond donors (Lipinski definition) is 1. The Balaban J connectivity index is 2.22. The molecule has 0 unspecified atom stereocenters. The van der Waals surface area contributed by atoms with Gasteiger partial charge in [0, 0.05) is 12.3 Å². The minimum Gasteiger partial charge on any atom is -0.374 e.